The Morgan fingerprint density at radius 1 is 1.41 bits per heavy atom. The molecule has 0 aromatic heterocycles. The summed E-state index contributed by atoms with van der Waals surface area (Å²) >= 11 is 0. The van der Waals surface area contributed by atoms with Gasteiger partial charge < -0.3 is 10.2 Å². The van der Waals surface area contributed by atoms with Crippen LogP contribution in [0.2, 0.25) is 0 Å². The predicted octanol–water partition coefficient (Wildman–Crippen LogP) is 1.76. The second-order valence-electron chi connectivity index (χ2n) is 7.08. The minimum Gasteiger partial charge on any atom is -0.357 e. The first-order chi connectivity index (χ1) is 10.8. The van der Waals surface area contributed by atoms with Crippen molar-refractivity contribution in [2.24, 2.45) is 5.92 Å². The van der Waals surface area contributed by atoms with Gasteiger partial charge in [-0.25, -0.2) is 0 Å². The zero-order valence-corrected chi connectivity index (χ0v) is 12.8. The molecule has 3 nitrogen and oxygen atoms in total. The summed E-state index contributed by atoms with van der Waals surface area (Å²) in [5, 5.41) is 13.5. The van der Waals surface area contributed by atoms with Gasteiger partial charge in [-0.05, 0) is 24.1 Å². The van der Waals surface area contributed by atoms with E-state index in [-0.39, 0.29) is 5.41 Å². The second-order valence-corrected chi connectivity index (χ2v) is 7.08. The third-order valence-electron chi connectivity index (χ3n) is 6.50. The summed E-state index contributed by atoms with van der Waals surface area (Å²) in [6, 6.07) is 11.9. The monoisotopic (exact) mass is 290 g/mol. The Bertz CT molecular complexity index is 782. The van der Waals surface area contributed by atoms with Crippen LogP contribution in [-0.4, -0.2) is 19.1 Å². The molecule has 3 heterocycles. The van der Waals surface area contributed by atoms with E-state index in [4.69, 9.17) is 0 Å². The van der Waals surface area contributed by atoms with Gasteiger partial charge in [-0.1, -0.05) is 24.3 Å². The first-order valence-corrected chi connectivity index (χ1v) is 8.30. The summed E-state index contributed by atoms with van der Waals surface area (Å²) in [5.74, 6) is 0.340. The van der Waals surface area contributed by atoms with Crippen molar-refractivity contribution in [2.45, 2.75) is 31.2 Å². The minimum absolute atomic E-state index is 0.0762. The first kappa shape index (κ1) is 12.5. The molecule has 1 aromatic carbocycles. The fraction of sp³-hybridized carbons (Fsp3) is 0.421. The maximum Gasteiger partial charge on any atom is 0.104 e. The Balaban J connectivity index is 1.83. The quantitative estimate of drug-likeness (QED) is 0.715. The molecule has 2 fully saturated rings. The van der Waals surface area contributed by atoms with Gasteiger partial charge >= 0.3 is 0 Å². The summed E-state index contributed by atoms with van der Waals surface area (Å²) in [6.45, 7) is 4.46. The van der Waals surface area contributed by atoms with Gasteiger partial charge in [-0.15, -0.1) is 0 Å². The number of nitriles is 1. The van der Waals surface area contributed by atoms with Crippen LogP contribution in [0.3, 0.4) is 0 Å². The topological polar surface area (TPSA) is 40.3 Å². The van der Waals surface area contributed by atoms with E-state index in [1.807, 2.05) is 0 Å². The Kier molecular flexibility index (Phi) is 2.28. The van der Waals surface area contributed by atoms with Crippen molar-refractivity contribution in [3.8, 4) is 6.07 Å². The highest BCUT2D eigenvalue weighted by Crippen LogP contribution is 2.56. The van der Waals surface area contributed by atoms with Crippen molar-refractivity contribution < 1.29 is 4.90 Å². The highest BCUT2D eigenvalue weighted by Gasteiger charge is 2.64. The summed E-state index contributed by atoms with van der Waals surface area (Å²) in [5.41, 5.74) is 6.42. The van der Waals surface area contributed by atoms with Gasteiger partial charge in [-0.3, -0.25) is 0 Å². The van der Waals surface area contributed by atoms with Gasteiger partial charge in [0.05, 0.1) is 30.1 Å². The van der Waals surface area contributed by atoms with Gasteiger partial charge in [0, 0.05) is 30.1 Å². The molecule has 3 aliphatic heterocycles. The molecule has 4 atom stereocenters. The van der Waals surface area contributed by atoms with E-state index in [0.29, 0.717) is 12.0 Å². The van der Waals surface area contributed by atoms with Crippen LogP contribution in [0, 0.1) is 17.2 Å². The van der Waals surface area contributed by atoms with E-state index in [1.165, 1.54) is 35.5 Å². The van der Waals surface area contributed by atoms with Crippen molar-refractivity contribution in [1.82, 2.24) is 0 Å². The maximum atomic E-state index is 9.88. The molecule has 110 valence electrons. The number of nitrogens with zero attached hydrogens (tertiary/aromatic N) is 1. The number of hydrogen-bond acceptors (Lipinski definition) is 2. The molecule has 22 heavy (non-hydrogen) atoms. The number of fused-ring (bicyclic) bond motifs is 2. The minimum atomic E-state index is 0.0762. The Morgan fingerprint density at radius 3 is 3.09 bits per heavy atom. The Labute approximate surface area is 130 Å². The van der Waals surface area contributed by atoms with E-state index < -0.39 is 0 Å². The highest BCUT2D eigenvalue weighted by atomic mass is 15.2. The molecular weight excluding hydrogens is 270 g/mol. The predicted molar refractivity (Wildman–Crippen MR) is 85.3 cm³/mol. The lowest BCUT2D eigenvalue weighted by molar-refractivity contribution is -0.914. The normalized spacial score (nSPS) is 39.3. The van der Waals surface area contributed by atoms with Crippen LogP contribution in [-0.2, 0) is 5.41 Å². The third-order valence-corrected chi connectivity index (χ3v) is 6.50. The number of para-hydroxylation sites is 1. The summed E-state index contributed by atoms with van der Waals surface area (Å²) in [6.07, 6.45) is 4.55. The molecule has 3 heteroatoms. The number of quaternary nitrogens is 1. The molecule has 2 saturated heterocycles. The van der Waals surface area contributed by atoms with Crippen LogP contribution in [0.5, 0.6) is 0 Å². The Hall–Kier alpha value is -2.05. The molecule has 0 saturated carbocycles. The molecule has 1 spiro atoms. The molecule has 4 aliphatic rings. The van der Waals surface area contributed by atoms with Crippen molar-refractivity contribution >= 4 is 5.69 Å². The van der Waals surface area contributed by atoms with Gasteiger partial charge in [0.15, 0.2) is 0 Å². The van der Waals surface area contributed by atoms with Gasteiger partial charge in [-0.2, -0.15) is 5.26 Å². The largest absolute Gasteiger partial charge is 0.357 e. The van der Waals surface area contributed by atoms with E-state index in [0.717, 1.165) is 18.5 Å². The van der Waals surface area contributed by atoms with Crippen molar-refractivity contribution in [2.75, 3.05) is 18.4 Å². The average Bonchev–Trinajstić information content (AvgIpc) is 3.11. The lowest BCUT2D eigenvalue weighted by Gasteiger charge is -2.45. The summed E-state index contributed by atoms with van der Waals surface area (Å²) in [4.78, 5) is 1.72. The Morgan fingerprint density at radius 2 is 2.27 bits per heavy atom. The molecule has 1 aliphatic carbocycles. The van der Waals surface area contributed by atoms with Crippen LogP contribution < -0.4 is 10.2 Å². The number of rotatable bonds is 0. The number of allylic oxidation sites excluding steroid dienone is 2. The number of nitrogens with one attached hydrogen (secondary N) is 2. The molecule has 2 N–H and O–H groups in total. The van der Waals surface area contributed by atoms with Crippen molar-refractivity contribution in [1.29, 1.82) is 5.26 Å². The first-order valence-electron chi connectivity index (χ1n) is 8.30. The molecule has 1 aromatic rings. The molecule has 2 bridgehead atoms. The van der Waals surface area contributed by atoms with E-state index in [9.17, 15) is 5.26 Å². The molecule has 0 radical (unpaired) electrons. The van der Waals surface area contributed by atoms with Crippen molar-refractivity contribution in [3.63, 3.8) is 0 Å². The van der Waals surface area contributed by atoms with E-state index in [1.54, 1.807) is 4.90 Å². The van der Waals surface area contributed by atoms with Crippen LogP contribution in [0.25, 0.3) is 0 Å². The number of piperidine rings is 1. The smallest absolute Gasteiger partial charge is 0.104 e. The molecule has 0 amide bonds. The van der Waals surface area contributed by atoms with E-state index >= 15 is 0 Å². The number of hydrogen-bond donors (Lipinski definition) is 2. The van der Waals surface area contributed by atoms with Crippen LogP contribution in [0.4, 0.5) is 5.69 Å². The van der Waals surface area contributed by atoms with Gasteiger partial charge in [0.2, 0.25) is 0 Å². The van der Waals surface area contributed by atoms with E-state index in [2.05, 4.69) is 48.7 Å². The van der Waals surface area contributed by atoms with Crippen LogP contribution in [0.1, 0.15) is 25.3 Å². The lowest BCUT2D eigenvalue weighted by atomic mass is 9.62. The average molecular weight is 290 g/mol. The SMILES string of the molecule is CC=C1C[NH+]2CCC34C(=C(C#N)C1CC23)Nc1ccccc14. The maximum absolute atomic E-state index is 9.88. The lowest BCUT2D eigenvalue weighted by Crippen LogP contribution is -3.16. The summed E-state index contributed by atoms with van der Waals surface area (Å²) < 4.78 is 0. The third kappa shape index (κ3) is 1.22. The molecular formula is C19H20N3+. The number of benzene rings is 1. The zero-order valence-electron chi connectivity index (χ0n) is 12.8. The summed E-state index contributed by atoms with van der Waals surface area (Å²) in [7, 11) is 0. The fourth-order valence-corrected chi connectivity index (χ4v) is 5.61. The number of anilines is 1. The van der Waals surface area contributed by atoms with Crippen LogP contribution in [0.15, 0.2) is 47.2 Å². The standard InChI is InChI=1S/C19H19N3/c1-2-12-11-22-8-7-19-15-5-3-4-6-16(15)21-18(19)14(10-20)13(12)9-17(19)22/h2-6,13,17,21H,7-9,11H2,1H3/p+1. The van der Waals surface area contributed by atoms with Gasteiger partial charge in [0.1, 0.15) is 6.04 Å². The van der Waals surface area contributed by atoms with Gasteiger partial charge in [0.25, 0.3) is 0 Å². The zero-order chi connectivity index (χ0) is 14.9. The molecule has 5 rings (SSSR count). The fourth-order valence-electron chi connectivity index (χ4n) is 5.61. The van der Waals surface area contributed by atoms with Crippen molar-refractivity contribution in [3.05, 3.63) is 52.7 Å². The second kappa shape index (κ2) is 4.02. The highest BCUT2D eigenvalue weighted by molar-refractivity contribution is 5.72. The van der Waals surface area contributed by atoms with Crippen LogP contribution >= 0.6 is 0 Å². The molecule has 4 unspecified atom stereocenters.